The average molecular weight is 510 g/mol. The molecular formula is C25H27N5O7. The highest BCUT2D eigenvalue weighted by atomic mass is 16.6. The van der Waals surface area contributed by atoms with Gasteiger partial charge in [-0.3, -0.25) is 14.9 Å². The zero-order chi connectivity index (χ0) is 26.5. The molecule has 1 aliphatic rings. The van der Waals surface area contributed by atoms with Crippen molar-refractivity contribution >= 4 is 17.7 Å². The number of amides is 2. The molecule has 1 saturated heterocycles. The fourth-order valence-corrected chi connectivity index (χ4v) is 4.06. The van der Waals surface area contributed by atoms with E-state index in [1.807, 2.05) is 0 Å². The third-order valence-corrected chi connectivity index (χ3v) is 6.01. The molecule has 2 amide bonds. The number of methoxy groups -OCH3 is 2. The number of hydrogen-bond acceptors (Lipinski definition) is 8. The van der Waals surface area contributed by atoms with Crippen LogP contribution in [-0.4, -0.2) is 83.5 Å². The predicted octanol–water partition coefficient (Wildman–Crippen LogP) is 3.38. The lowest BCUT2D eigenvalue weighted by Crippen LogP contribution is -2.51. The van der Waals surface area contributed by atoms with Crippen molar-refractivity contribution in [2.24, 2.45) is 0 Å². The normalized spacial score (nSPS) is 13.3. The van der Waals surface area contributed by atoms with Gasteiger partial charge in [0.2, 0.25) is 0 Å². The lowest BCUT2D eigenvalue weighted by Gasteiger charge is -2.34. The van der Waals surface area contributed by atoms with Gasteiger partial charge in [0.05, 0.1) is 37.1 Å². The summed E-state index contributed by atoms with van der Waals surface area (Å²) in [5, 5.41) is 15.8. The Balaban J connectivity index is 1.70. The fraction of sp³-hybridized carbons (Fsp3) is 0.320. The molecule has 194 valence electrons. The summed E-state index contributed by atoms with van der Waals surface area (Å²) >= 11 is 0. The van der Waals surface area contributed by atoms with Crippen molar-refractivity contribution in [1.82, 2.24) is 19.6 Å². The minimum atomic E-state index is -0.490. The van der Waals surface area contributed by atoms with Crippen molar-refractivity contribution < 1.29 is 28.7 Å². The molecule has 2 heterocycles. The van der Waals surface area contributed by atoms with Crippen LogP contribution < -0.4 is 9.47 Å². The summed E-state index contributed by atoms with van der Waals surface area (Å²) < 4.78 is 17.3. The van der Waals surface area contributed by atoms with Crippen molar-refractivity contribution in [3.63, 3.8) is 0 Å². The first-order valence-corrected chi connectivity index (χ1v) is 11.6. The Morgan fingerprint density at radius 3 is 2.24 bits per heavy atom. The van der Waals surface area contributed by atoms with E-state index in [0.29, 0.717) is 54.6 Å². The standard InChI is InChI=1S/C25H27N5O7/c1-4-37-25(32)28-13-11-27(12-14-28)24(31)22-16-21(20-10-9-19(35-2)15-23(20)36-3)26-29(22)17-5-7-18(8-6-17)30(33)34/h5-10,15-16H,4,11-14H2,1-3H3. The SMILES string of the molecule is CCOC(=O)N1CCN(C(=O)c2cc(-c3ccc(OC)cc3OC)nn2-c2ccc([N+](=O)[O-])cc2)CC1. The molecule has 0 unspecified atom stereocenters. The van der Waals surface area contributed by atoms with Crippen LogP contribution >= 0.6 is 0 Å². The lowest BCUT2D eigenvalue weighted by atomic mass is 10.1. The van der Waals surface area contributed by atoms with Gasteiger partial charge < -0.3 is 24.0 Å². The summed E-state index contributed by atoms with van der Waals surface area (Å²) in [6.07, 6.45) is -0.403. The molecular weight excluding hydrogens is 482 g/mol. The van der Waals surface area contributed by atoms with Gasteiger partial charge in [-0.25, -0.2) is 9.48 Å². The van der Waals surface area contributed by atoms with Gasteiger partial charge in [-0.05, 0) is 37.3 Å². The van der Waals surface area contributed by atoms with Gasteiger partial charge in [-0.2, -0.15) is 5.10 Å². The Labute approximate surface area is 213 Å². The monoisotopic (exact) mass is 509 g/mol. The Hall–Kier alpha value is -4.61. The molecule has 0 atom stereocenters. The van der Waals surface area contributed by atoms with Crippen molar-refractivity contribution in [2.45, 2.75) is 6.92 Å². The fourth-order valence-electron chi connectivity index (χ4n) is 4.06. The number of carbonyl (C=O) groups is 2. The number of nitro benzene ring substituents is 1. The first-order chi connectivity index (χ1) is 17.9. The maximum atomic E-state index is 13.6. The highest BCUT2D eigenvalue weighted by Crippen LogP contribution is 2.34. The van der Waals surface area contributed by atoms with Gasteiger partial charge in [0, 0.05) is 49.9 Å². The molecule has 1 fully saturated rings. The van der Waals surface area contributed by atoms with Crippen molar-refractivity contribution in [2.75, 3.05) is 47.0 Å². The number of carbonyl (C=O) groups excluding carboxylic acids is 2. The minimum absolute atomic E-state index is 0.0732. The average Bonchev–Trinajstić information content (AvgIpc) is 3.37. The highest BCUT2D eigenvalue weighted by molar-refractivity contribution is 5.95. The first kappa shape index (κ1) is 25.5. The quantitative estimate of drug-likeness (QED) is 0.350. The van der Waals surface area contributed by atoms with Crippen molar-refractivity contribution in [1.29, 1.82) is 0 Å². The number of aromatic nitrogens is 2. The van der Waals surface area contributed by atoms with E-state index in [-0.39, 0.29) is 23.9 Å². The molecule has 1 aliphatic heterocycles. The van der Waals surface area contributed by atoms with Crippen LogP contribution in [0.5, 0.6) is 11.5 Å². The predicted molar refractivity (Wildman–Crippen MR) is 133 cm³/mol. The van der Waals surface area contributed by atoms with Gasteiger partial charge >= 0.3 is 6.09 Å². The molecule has 0 bridgehead atoms. The van der Waals surface area contributed by atoms with Gasteiger partial charge in [-0.1, -0.05) is 0 Å². The maximum absolute atomic E-state index is 13.6. The first-order valence-electron chi connectivity index (χ1n) is 11.6. The van der Waals surface area contributed by atoms with E-state index in [2.05, 4.69) is 5.10 Å². The minimum Gasteiger partial charge on any atom is -0.497 e. The summed E-state index contributed by atoms with van der Waals surface area (Å²) in [6.45, 7) is 3.36. The summed E-state index contributed by atoms with van der Waals surface area (Å²) in [5.74, 6) is 0.828. The number of piperazine rings is 1. The number of non-ortho nitro benzene ring substituents is 1. The maximum Gasteiger partial charge on any atom is 0.409 e. The number of ether oxygens (including phenoxy) is 3. The Morgan fingerprint density at radius 1 is 0.973 bits per heavy atom. The number of benzene rings is 2. The van der Waals surface area contributed by atoms with Crippen LogP contribution in [0, 0.1) is 10.1 Å². The molecule has 12 heteroatoms. The van der Waals surface area contributed by atoms with E-state index in [0.717, 1.165) is 0 Å². The summed E-state index contributed by atoms with van der Waals surface area (Å²) in [7, 11) is 3.08. The van der Waals surface area contributed by atoms with Crippen LogP contribution in [0.25, 0.3) is 16.9 Å². The van der Waals surface area contributed by atoms with E-state index in [4.69, 9.17) is 14.2 Å². The summed E-state index contributed by atoms with van der Waals surface area (Å²) in [5.41, 5.74) is 1.80. The topological polar surface area (TPSA) is 129 Å². The highest BCUT2D eigenvalue weighted by Gasteiger charge is 2.29. The lowest BCUT2D eigenvalue weighted by molar-refractivity contribution is -0.384. The van der Waals surface area contributed by atoms with E-state index < -0.39 is 11.0 Å². The summed E-state index contributed by atoms with van der Waals surface area (Å²) in [6, 6.07) is 12.7. The number of nitrogens with zero attached hydrogens (tertiary/aromatic N) is 5. The molecule has 3 aromatic rings. The van der Waals surface area contributed by atoms with Gasteiger partial charge in [0.15, 0.2) is 0 Å². The molecule has 1 aromatic heterocycles. The molecule has 37 heavy (non-hydrogen) atoms. The zero-order valence-electron chi connectivity index (χ0n) is 20.7. The second kappa shape index (κ2) is 11.0. The van der Waals surface area contributed by atoms with Gasteiger partial charge in [0.1, 0.15) is 17.2 Å². The van der Waals surface area contributed by atoms with Crippen LogP contribution in [0.15, 0.2) is 48.5 Å². The van der Waals surface area contributed by atoms with E-state index in [9.17, 15) is 19.7 Å². The van der Waals surface area contributed by atoms with Crippen LogP contribution in [0.1, 0.15) is 17.4 Å². The van der Waals surface area contributed by atoms with Crippen LogP contribution in [0.3, 0.4) is 0 Å². The largest absolute Gasteiger partial charge is 0.497 e. The molecule has 0 aliphatic carbocycles. The Kier molecular flexibility index (Phi) is 7.56. The molecule has 0 saturated carbocycles. The molecule has 2 aromatic carbocycles. The third-order valence-electron chi connectivity index (χ3n) is 6.01. The molecule has 0 radical (unpaired) electrons. The number of hydrogen-bond donors (Lipinski definition) is 0. The van der Waals surface area contributed by atoms with E-state index >= 15 is 0 Å². The second-order valence-electron chi connectivity index (χ2n) is 8.14. The van der Waals surface area contributed by atoms with E-state index in [1.165, 1.54) is 36.1 Å². The van der Waals surface area contributed by atoms with Crippen LogP contribution in [-0.2, 0) is 4.74 Å². The number of rotatable bonds is 7. The summed E-state index contributed by atoms with van der Waals surface area (Å²) in [4.78, 5) is 39.5. The van der Waals surface area contributed by atoms with Crippen LogP contribution in [0.4, 0.5) is 10.5 Å². The smallest absolute Gasteiger partial charge is 0.409 e. The van der Waals surface area contributed by atoms with Crippen molar-refractivity contribution in [3.8, 4) is 28.4 Å². The molecule has 0 N–H and O–H groups in total. The Bertz CT molecular complexity index is 1300. The number of nitro groups is 1. The zero-order valence-corrected chi connectivity index (χ0v) is 20.7. The molecule has 0 spiro atoms. The van der Waals surface area contributed by atoms with Gasteiger partial charge in [-0.15, -0.1) is 0 Å². The van der Waals surface area contributed by atoms with Gasteiger partial charge in [0.25, 0.3) is 11.6 Å². The Morgan fingerprint density at radius 2 is 1.65 bits per heavy atom. The third kappa shape index (κ3) is 5.32. The molecule has 4 rings (SSSR count). The van der Waals surface area contributed by atoms with Crippen LogP contribution in [0.2, 0.25) is 0 Å². The van der Waals surface area contributed by atoms with Crippen molar-refractivity contribution in [3.05, 3.63) is 64.3 Å². The second-order valence-corrected chi connectivity index (χ2v) is 8.14. The molecule has 12 nitrogen and oxygen atoms in total. The van der Waals surface area contributed by atoms with E-state index in [1.54, 1.807) is 48.1 Å².